The van der Waals surface area contributed by atoms with E-state index >= 15 is 0 Å². The first kappa shape index (κ1) is 11.5. The summed E-state index contributed by atoms with van der Waals surface area (Å²) in [5.41, 5.74) is 0. The van der Waals surface area contributed by atoms with Gasteiger partial charge in [0.05, 0.1) is 6.10 Å². The van der Waals surface area contributed by atoms with Gasteiger partial charge in [0, 0.05) is 0 Å². The van der Waals surface area contributed by atoms with E-state index in [4.69, 9.17) is 0 Å². The first-order valence-corrected chi connectivity index (χ1v) is 4.79. The molecule has 0 N–H and O–H groups in total. The summed E-state index contributed by atoms with van der Waals surface area (Å²) in [6, 6.07) is 0. The number of halogens is 2. The minimum atomic E-state index is -5.38. The number of rotatable bonds is 6. The molecule has 0 aromatic carbocycles. The number of hydrogen-bond acceptors (Lipinski definition) is 2. The quantitative estimate of drug-likeness (QED) is 0.479. The maximum atomic E-state index is 11.9. The molecule has 0 saturated heterocycles. The molecule has 0 fully saturated rings. The molecule has 0 rings (SSSR count). The van der Waals surface area contributed by atoms with Gasteiger partial charge in [-0.25, -0.2) is 4.57 Å². The lowest BCUT2D eigenvalue weighted by atomic mass is 10.2. The fourth-order valence-electron chi connectivity index (χ4n) is 0.728. The molecular formula is C7H11F2O2P. The van der Waals surface area contributed by atoms with Crippen molar-refractivity contribution in [2.75, 3.05) is 0 Å². The predicted molar refractivity (Wildman–Crippen MR) is 44.3 cm³/mol. The summed E-state index contributed by atoms with van der Waals surface area (Å²) in [7, 11) is -5.38. The minimum Gasteiger partial charge on any atom is -0.276 e. The second kappa shape index (κ2) is 5.22. The monoisotopic (exact) mass is 196 g/mol. The Kier molecular flexibility index (Phi) is 5.02. The van der Waals surface area contributed by atoms with Gasteiger partial charge >= 0.3 is 7.99 Å². The van der Waals surface area contributed by atoms with Crippen LogP contribution in [0.3, 0.4) is 0 Å². The third-order valence-electron chi connectivity index (χ3n) is 1.13. The summed E-state index contributed by atoms with van der Waals surface area (Å²) in [6.07, 6.45) is 2.57. The Morgan fingerprint density at radius 1 is 1.33 bits per heavy atom. The lowest BCUT2D eigenvalue weighted by Gasteiger charge is -2.11. The van der Waals surface area contributed by atoms with E-state index < -0.39 is 14.1 Å². The van der Waals surface area contributed by atoms with Gasteiger partial charge in [0.25, 0.3) is 0 Å². The van der Waals surface area contributed by atoms with Crippen LogP contribution in [0.4, 0.5) is 8.39 Å². The van der Waals surface area contributed by atoms with Gasteiger partial charge in [0.2, 0.25) is 0 Å². The van der Waals surface area contributed by atoms with Gasteiger partial charge in [-0.1, -0.05) is 12.2 Å². The second-order valence-electron chi connectivity index (χ2n) is 2.19. The van der Waals surface area contributed by atoms with Gasteiger partial charge in [-0.05, 0) is 12.8 Å². The zero-order valence-electron chi connectivity index (χ0n) is 6.58. The first-order valence-electron chi connectivity index (χ1n) is 3.39. The largest absolute Gasteiger partial charge is 0.552 e. The zero-order valence-corrected chi connectivity index (χ0v) is 7.47. The van der Waals surface area contributed by atoms with Gasteiger partial charge in [-0.3, -0.25) is 4.52 Å². The van der Waals surface area contributed by atoms with Crippen LogP contribution in [0.5, 0.6) is 0 Å². The van der Waals surface area contributed by atoms with E-state index in [1.165, 1.54) is 12.2 Å². The van der Waals surface area contributed by atoms with Crippen molar-refractivity contribution in [3.8, 4) is 0 Å². The van der Waals surface area contributed by atoms with Gasteiger partial charge in [0.1, 0.15) is 0 Å². The lowest BCUT2D eigenvalue weighted by molar-refractivity contribution is 0.174. The molecule has 5 heteroatoms. The summed E-state index contributed by atoms with van der Waals surface area (Å²) >= 11 is 0. The Bertz CT molecular complexity index is 190. The SMILES string of the molecule is C=CCC(CC=C)OP(=O)(F)F. The van der Waals surface area contributed by atoms with Crippen molar-refractivity contribution in [1.29, 1.82) is 0 Å². The molecule has 0 saturated carbocycles. The maximum absolute atomic E-state index is 11.9. The highest BCUT2D eigenvalue weighted by atomic mass is 31.2. The van der Waals surface area contributed by atoms with Crippen molar-refractivity contribution in [1.82, 2.24) is 0 Å². The topological polar surface area (TPSA) is 26.3 Å². The molecule has 0 heterocycles. The van der Waals surface area contributed by atoms with Crippen molar-refractivity contribution in [2.24, 2.45) is 0 Å². The van der Waals surface area contributed by atoms with Crippen LogP contribution in [-0.4, -0.2) is 6.10 Å². The van der Waals surface area contributed by atoms with E-state index in [-0.39, 0.29) is 12.8 Å². The molecule has 0 atom stereocenters. The van der Waals surface area contributed by atoms with Gasteiger partial charge in [-0.15, -0.1) is 21.6 Å². The lowest BCUT2D eigenvalue weighted by Crippen LogP contribution is -2.06. The predicted octanol–water partition coefficient (Wildman–Crippen LogP) is 3.57. The summed E-state index contributed by atoms with van der Waals surface area (Å²) < 4.78 is 37.7. The van der Waals surface area contributed by atoms with Crippen molar-refractivity contribution >= 4 is 7.99 Å². The van der Waals surface area contributed by atoms with Crippen LogP contribution < -0.4 is 0 Å². The number of hydrogen-bond donors (Lipinski definition) is 0. The Labute approximate surface area is 70.6 Å². The molecule has 70 valence electrons. The summed E-state index contributed by atoms with van der Waals surface area (Å²) in [5, 5.41) is 0. The Morgan fingerprint density at radius 2 is 1.75 bits per heavy atom. The molecule has 0 spiro atoms. The van der Waals surface area contributed by atoms with Crippen molar-refractivity contribution in [3.05, 3.63) is 25.3 Å². The van der Waals surface area contributed by atoms with Gasteiger partial charge < -0.3 is 0 Å². The molecule has 0 amide bonds. The zero-order chi connectivity index (χ0) is 9.61. The standard InChI is InChI=1S/C7H11F2O2P/c1-3-5-7(6-4-2)11-12(8,9)10/h3-4,7H,1-2,5-6H2. The van der Waals surface area contributed by atoms with Crippen LogP contribution >= 0.6 is 7.99 Å². The van der Waals surface area contributed by atoms with E-state index in [1.54, 1.807) is 0 Å². The van der Waals surface area contributed by atoms with Crippen LogP contribution in [0.2, 0.25) is 0 Å². The Morgan fingerprint density at radius 3 is 2.00 bits per heavy atom. The van der Waals surface area contributed by atoms with Crippen LogP contribution in [0.1, 0.15) is 12.8 Å². The molecule has 2 nitrogen and oxygen atoms in total. The van der Waals surface area contributed by atoms with E-state index in [0.717, 1.165) is 0 Å². The van der Waals surface area contributed by atoms with E-state index in [9.17, 15) is 13.0 Å². The summed E-state index contributed by atoms with van der Waals surface area (Å²) in [5.74, 6) is 0. The average Bonchev–Trinajstić information content (AvgIpc) is 1.84. The maximum Gasteiger partial charge on any atom is 0.552 e. The van der Waals surface area contributed by atoms with Crippen molar-refractivity contribution in [2.45, 2.75) is 18.9 Å². The molecule has 0 aromatic heterocycles. The highest BCUT2D eigenvalue weighted by Crippen LogP contribution is 2.52. The van der Waals surface area contributed by atoms with E-state index in [1.807, 2.05) is 0 Å². The van der Waals surface area contributed by atoms with Crippen LogP contribution in [0.15, 0.2) is 25.3 Å². The molecule has 0 aliphatic carbocycles. The van der Waals surface area contributed by atoms with Gasteiger partial charge in [-0.2, -0.15) is 0 Å². The van der Waals surface area contributed by atoms with Crippen LogP contribution in [0, 0.1) is 0 Å². The Hall–Kier alpha value is -0.470. The smallest absolute Gasteiger partial charge is 0.276 e. The van der Waals surface area contributed by atoms with Crippen molar-refractivity contribution in [3.63, 3.8) is 0 Å². The van der Waals surface area contributed by atoms with Crippen LogP contribution in [-0.2, 0) is 9.09 Å². The third-order valence-corrected chi connectivity index (χ3v) is 1.67. The second-order valence-corrected chi connectivity index (χ2v) is 3.23. The highest BCUT2D eigenvalue weighted by molar-refractivity contribution is 7.47. The van der Waals surface area contributed by atoms with Gasteiger partial charge in [0.15, 0.2) is 0 Å². The minimum absolute atomic E-state index is 0.240. The molecule has 0 aromatic rings. The molecule has 0 aliphatic heterocycles. The third kappa shape index (κ3) is 6.25. The molecule has 0 bridgehead atoms. The average molecular weight is 196 g/mol. The van der Waals surface area contributed by atoms with Crippen LogP contribution in [0.25, 0.3) is 0 Å². The van der Waals surface area contributed by atoms with E-state index in [0.29, 0.717) is 0 Å². The van der Waals surface area contributed by atoms with Crippen molar-refractivity contribution < 1.29 is 17.5 Å². The molecule has 12 heavy (non-hydrogen) atoms. The highest BCUT2D eigenvalue weighted by Gasteiger charge is 2.25. The molecule has 0 radical (unpaired) electrons. The summed E-state index contributed by atoms with van der Waals surface area (Å²) in [4.78, 5) is 0. The molecular weight excluding hydrogens is 185 g/mol. The Balaban J connectivity index is 4.02. The molecule has 0 unspecified atom stereocenters. The summed E-state index contributed by atoms with van der Waals surface area (Å²) in [6.45, 7) is 6.73. The fraction of sp³-hybridized carbons (Fsp3) is 0.429. The first-order chi connectivity index (χ1) is 5.49. The van der Waals surface area contributed by atoms with E-state index in [2.05, 4.69) is 17.7 Å². The molecule has 0 aliphatic rings. The fourth-order valence-corrected chi connectivity index (χ4v) is 1.25. The normalized spacial score (nSPS) is 11.6.